The van der Waals surface area contributed by atoms with Crippen LogP contribution in [0.1, 0.15) is 37.4 Å². The van der Waals surface area contributed by atoms with Gasteiger partial charge in [-0.3, -0.25) is 4.98 Å². The molecule has 3 aromatic rings. The molecule has 2 saturated heterocycles. The summed E-state index contributed by atoms with van der Waals surface area (Å²) in [6.07, 6.45) is 9.74. The summed E-state index contributed by atoms with van der Waals surface area (Å²) >= 11 is 0. The fourth-order valence-electron chi connectivity index (χ4n) is 5.31. The Balaban J connectivity index is 1.11. The second-order valence-electron chi connectivity index (χ2n) is 10.2. The van der Waals surface area contributed by atoms with Crippen molar-refractivity contribution in [2.75, 3.05) is 46.6 Å². The third kappa shape index (κ3) is 4.63. The number of methoxy groups -OCH3 is 1. The standard InChI is InChI=1S/C28H32N4O4/c1-19-10-20-12-21(15-29-23(20)11-19)36-27-22-13-25(33-2)26(14-24(22)30-18-31-27)35-9-3-6-32-7-4-28(5-8-32)16-34-17-28/h10,12-15,18H,3-9,11,16-17H2,1-2H3. The van der Waals surface area contributed by atoms with Crippen molar-refractivity contribution in [2.24, 2.45) is 5.41 Å². The van der Waals surface area contributed by atoms with E-state index < -0.39 is 0 Å². The molecule has 188 valence electrons. The average Bonchev–Trinajstić information content (AvgIpc) is 3.25. The van der Waals surface area contributed by atoms with Gasteiger partial charge in [0, 0.05) is 24.4 Å². The van der Waals surface area contributed by atoms with E-state index in [0.717, 1.165) is 67.8 Å². The van der Waals surface area contributed by atoms with Gasteiger partial charge in [-0.1, -0.05) is 11.6 Å². The second kappa shape index (κ2) is 9.67. The van der Waals surface area contributed by atoms with Gasteiger partial charge in [0.15, 0.2) is 11.5 Å². The molecule has 0 amide bonds. The molecule has 0 unspecified atom stereocenters. The smallest absolute Gasteiger partial charge is 0.230 e. The Labute approximate surface area is 211 Å². The van der Waals surface area contributed by atoms with E-state index >= 15 is 0 Å². The third-order valence-electron chi connectivity index (χ3n) is 7.53. The number of likely N-dealkylation sites (tertiary alicyclic amines) is 1. The molecule has 1 aliphatic carbocycles. The summed E-state index contributed by atoms with van der Waals surface area (Å²) in [6.45, 7) is 7.97. The molecule has 4 heterocycles. The van der Waals surface area contributed by atoms with Crippen LogP contribution in [-0.4, -0.2) is 66.4 Å². The van der Waals surface area contributed by atoms with E-state index in [9.17, 15) is 0 Å². The van der Waals surface area contributed by atoms with E-state index in [0.29, 0.717) is 35.2 Å². The average molecular weight is 489 g/mol. The van der Waals surface area contributed by atoms with E-state index in [1.807, 2.05) is 18.2 Å². The first-order valence-corrected chi connectivity index (χ1v) is 12.7. The van der Waals surface area contributed by atoms with Crippen LogP contribution in [0.5, 0.6) is 23.1 Å². The maximum Gasteiger partial charge on any atom is 0.230 e. The number of ether oxygens (including phenoxy) is 4. The molecule has 2 aliphatic heterocycles. The molecule has 2 aromatic heterocycles. The number of pyridine rings is 1. The monoisotopic (exact) mass is 488 g/mol. The van der Waals surface area contributed by atoms with Crippen molar-refractivity contribution in [3.63, 3.8) is 0 Å². The van der Waals surface area contributed by atoms with Gasteiger partial charge in [0.25, 0.3) is 0 Å². The highest BCUT2D eigenvalue weighted by Crippen LogP contribution is 2.39. The van der Waals surface area contributed by atoms with Gasteiger partial charge in [-0.05, 0) is 57.0 Å². The van der Waals surface area contributed by atoms with E-state index in [-0.39, 0.29) is 0 Å². The zero-order valence-corrected chi connectivity index (χ0v) is 21.0. The van der Waals surface area contributed by atoms with E-state index in [1.165, 1.54) is 24.7 Å². The summed E-state index contributed by atoms with van der Waals surface area (Å²) in [6, 6.07) is 5.79. The molecule has 0 saturated carbocycles. The summed E-state index contributed by atoms with van der Waals surface area (Å²) < 4.78 is 23.3. The first-order valence-electron chi connectivity index (χ1n) is 12.7. The number of hydrogen-bond donors (Lipinski definition) is 0. The first kappa shape index (κ1) is 23.2. The fraction of sp³-hybridized carbons (Fsp3) is 0.464. The van der Waals surface area contributed by atoms with Crippen molar-refractivity contribution in [3.8, 4) is 23.1 Å². The maximum atomic E-state index is 6.13. The number of aromatic nitrogens is 3. The molecule has 1 aromatic carbocycles. The molecule has 0 radical (unpaired) electrons. The molecular formula is C28H32N4O4. The van der Waals surface area contributed by atoms with E-state index in [2.05, 4.69) is 32.9 Å². The first-order chi connectivity index (χ1) is 17.6. The Morgan fingerprint density at radius 1 is 1.06 bits per heavy atom. The molecule has 36 heavy (non-hydrogen) atoms. The quantitative estimate of drug-likeness (QED) is 0.424. The summed E-state index contributed by atoms with van der Waals surface area (Å²) in [5, 5.41) is 0.760. The van der Waals surface area contributed by atoms with Gasteiger partial charge in [-0.2, -0.15) is 0 Å². The molecule has 0 atom stereocenters. The maximum absolute atomic E-state index is 6.13. The summed E-state index contributed by atoms with van der Waals surface area (Å²) in [4.78, 5) is 15.9. The predicted octanol–water partition coefficient (Wildman–Crippen LogP) is 4.67. The lowest BCUT2D eigenvalue weighted by molar-refractivity contribution is -0.139. The lowest BCUT2D eigenvalue weighted by atomic mass is 9.77. The minimum atomic E-state index is 0.463. The van der Waals surface area contributed by atoms with Crippen LogP contribution >= 0.6 is 0 Å². The minimum absolute atomic E-state index is 0.463. The van der Waals surface area contributed by atoms with Gasteiger partial charge in [0.2, 0.25) is 5.88 Å². The number of nitrogens with zero attached hydrogens (tertiary/aromatic N) is 4. The lowest BCUT2D eigenvalue weighted by Crippen LogP contribution is -2.51. The number of fused-ring (bicyclic) bond motifs is 2. The van der Waals surface area contributed by atoms with Crippen LogP contribution < -0.4 is 14.2 Å². The SMILES string of the molecule is COc1cc2c(Oc3cnc4c(c3)C=C(C)C4)ncnc2cc1OCCCN1CCC2(CC1)COC2. The molecule has 8 heteroatoms. The Morgan fingerprint density at radius 2 is 1.92 bits per heavy atom. The topological polar surface area (TPSA) is 78.8 Å². The van der Waals surface area contributed by atoms with Gasteiger partial charge >= 0.3 is 0 Å². The second-order valence-corrected chi connectivity index (χ2v) is 10.2. The number of allylic oxidation sites excluding steroid dienone is 1. The predicted molar refractivity (Wildman–Crippen MR) is 137 cm³/mol. The Morgan fingerprint density at radius 3 is 2.69 bits per heavy atom. The number of benzene rings is 1. The Hall–Kier alpha value is -3.23. The zero-order chi connectivity index (χ0) is 24.5. The summed E-state index contributed by atoms with van der Waals surface area (Å²) in [5.41, 5.74) is 4.69. The number of hydrogen-bond acceptors (Lipinski definition) is 8. The van der Waals surface area contributed by atoms with Gasteiger partial charge in [-0.25, -0.2) is 9.97 Å². The lowest BCUT2D eigenvalue weighted by Gasteiger charge is -2.47. The van der Waals surface area contributed by atoms with E-state index in [1.54, 1.807) is 13.3 Å². The van der Waals surface area contributed by atoms with Crippen LogP contribution in [0.15, 0.2) is 36.3 Å². The van der Waals surface area contributed by atoms with Crippen LogP contribution in [0.2, 0.25) is 0 Å². The fourth-order valence-corrected chi connectivity index (χ4v) is 5.31. The summed E-state index contributed by atoms with van der Waals surface area (Å²) in [5.74, 6) is 2.42. The van der Waals surface area contributed by atoms with Gasteiger partial charge in [-0.15, -0.1) is 0 Å². The van der Waals surface area contributed by atoms with Crippen molar-refractivity contribution < 1.29 is 18.9 Å². The normalized spacial score (nSPS) is 18.6. The molecule has 2 fully saturated rings. The third-order valence-corrected chi connectivity index (χ3v) is 7.53. The van der Waals surface area contributed by atoms with Crippen molar-refractivity contribution in [1.82, 2.24) is 19.9 Å². The number of rotatable bonds is 8. The van der Waals surface area contributed by atoms with Crippen LogP contribution in [-0.2, 0) is 11.2 Å². The van der Waals surface area contributed by atoms with Crippen molar-refractivity contribution in [3.05, 3.63) is 47.6 Å². The van der Waals surface area contributed by atoms with Crippen LogP contribution in [0, 0.1) is 5.41 Å². The van der Waals surface area contributed by atoms with Crippen molar-refractivity contribution in [2.45, 2.75) is 32.6 Å². The molecule has 8 nitrogen and oxygen atoms in total. The van der Waals surface area contributed by atoms with Crippen LogP contribution in [0.4, 0.5) is 0 Å². The Kier molecular flexibility index (Phi) is 6.23. The highest BCUT2D eigenvalue weighted by atomic mass is 16.5. The molecule has 0 bridgehead atoms. The van der Waals surface area contributed by atoms with Gasteiger partial charge in [0.05, 0.1) is 49.7 Å². The van der Waals surface area contributed by atoms with Crippen molar-refractivity contribution >= 4 is 17.0 Å². The molecule has 6 rings (SSSR count). The highest BCUT2D eigenvalue weighted by Gasteiger charge is 2.40. The molecular weight excluding hydrogens is 456 g/mol. The van der Waals surface area contributed by atoms with Crippen LogP contribution in [0.3, 0.4) is 0 Å². The summed E-state index contributed by atoms with van der Waals surface area (Å²) in [7, 11) is 1.64. The van der Waals surface area contributed by atoms with Crippen LogP contribution in [0.25, 0.3) is 17.0 Å². The molecule has 3 aliphatic rings. The van der Waals surface area contributed by atoms with E-state index in [4.69, 9.17) is 18.9 Å². The van der Waals surface area contributed by atoms with Crippen molar-refractivity contribution in [1.29, 1.82) is 0 Å². The van der Waals surface area contributed by atoms with Gasteiger partial charge in [0.1, 0.15) is 12.1 Å². The largest absolute Gasteiger partial charge is 0.493 e. The highest BCUT2D eigenvalue weighted by molar-refractivity contribution is 5.87. The Bertz CT molecular complexity index is 1290. The van der Waals surface area contributed by atoms with Gasteiger partial charge < -0.3 is 23.8 Å². The zero-order valence-electron chi connectivity index (χ0n) is 21.0. The minimum Gasteiger partial charge on any atom is -0.493 e. The molecule has 0 N–H and O–H groups in total. The number of piperidine rings is 1. The molecule has 1 spiro atoms.